The molecule has 1 fully saturated rings. The van der Waals surface area contributed by atoms with E-state index in [-0.39, 0.29) is 0 Å². The van der Waals surface area contributed by atoms with Crippen molar-refractivity contribution in [2.75, 3.05) is 31.1 Å². The number of rotatable bonds is 3. The molecule has 20 heavy (non-hydrogen) atoms. The second-order valence-electron chi connectivity index (χ2n) is 4.72. The summed E-state index contributed by atoms with van der Waals surface area (Å²) < 4.78 is 0. The molecule has 3 rings (SSSR count). The van der Waals surface area contributed by atoms with Crippen molar-refractivity contribution in [2.24, 2.45) is 0 Å². The molecule has 0 atom stereocenters. The van der Waals surface area contributed by atoms with Crippen LogP contribution in [-0.4, -0.2) is 46.1 Å². The summed E-state index contributed by atoms with van der Waals surface area (Å²) in [6.07, 6.45) is 5.91. The monoisotopic (exact) mass is 270 g/mol. The first kappa shape index (κ1) is 12.9. The summed E-state index contributed by atoms with van der Waals surface area (Å²) in [5.74, 6) is 1.64. The quantitative estimate of drug-likeness (QED) is 0.894. The Morgan fingerprint density at radius 1 is 1.20 bits per heavy atom. The van der Waals surface area contributed by atoms with Gasteiger partial charge in [0.1, 0.15) is 11.5 Å². The molecule has 2 aromatic heterocycles. The Balaban J connectivity index is 1.98. The van der Waals surface area contributed by atoms with Crippen LogP contribution in [0, 0.1) is 0 Å². The molecule has 104 valence electrons. The molecule has 0 aromatic carbocycles. The smallest absolute Gasteiger partial charge is 0.182 e. The Morgan fingerprint density at radius 2 is 2.05 bits per heavy atom. The van der Waals surface area contributed by atoms with E-state index in [9.17, 15) is 0 Å². The number of nitrogens with one attached hydrogen (secondary N) is 1. The summed E-state index contributed by atoms with van der Waals surface area (Å²) in [5.41, 5.74) is 1.76. The molecular formula is C14H18N6. The van der Waals surface area contributed by atoms with Crippen LogP contribution < -0.4 is 10.2 Å². The van der Waals surface area contributed by atoms with Crippen LogP contribution in [0.1, 0.15) is 12.6 Å². The minimum absolute atomic E-state index is 0.658. The maximum atomic E-state index is 4.66. The number of hydrogen-bond donors (Lipinski definition) is 1. The van der Waals surface area contributed by atoms with Crippen LogP contribution in [0.25, 0.3) is 11.5 Å². The molecule has 0 bridgehead atoms. The first-order valence-corrected chi connectivity index (χ1v) is 6.97. The Bertz CT molecular complexity index is 565. The van der Waals surface area contributed by atoms with E-state index in [1.807, 2.05) is 0 Å². The fraction of sp³-hybridized carbons (Fsp3) is 0.429. The van der Waals surface area contributed by atoms with E-state index in [2.05, 4.69) is 43.1 Å². The van der Waals surface area contributed by atoms with Crippen molar-refractivity contribution in [1.29, 1.82) is 0 Å². The topological polar surface area (TPSA) is 66.8 Å². The van der Waals surface area contributed by atoms with Gasteiger partial charge < -0.3 is 10.2 Å². The number of aromatic nitrogens is 4. The van der Waals surface area contributed by atoms with Crippen molar-refractivity contribution < 1.29 is 0 Å². The highest BCUT2D eigenvalue weighted by atomic mass is 15.2. The molecule has 1 saturated heterocycles. The van der Waals surface area contributed by atoms with Gasteiger partial charge in [-0.3, -0.25) is 4.98 Å². The molecule has 2 aromatic rings. The van der Waals surface area contributed by atoms with Gasteiger partial charge in [0.2, 0.25) is 0 Å². The predicted molar refractivity (Wildman–Crippen MR) is 77.5 cm³/mol. The van der Waals surface area contributed by atoms with Crippen LogP contribution in [0.2, 0.25) is 0 Å². The first-order chi connectivity index (χ1) is 9.86. The fourth-order valence-electron chi connectivity index (χ4n) is 2.25. The minimum Gasteiger partial charge on any atom is -0.354 e. The molecule has 0 saturated carbocycles. The van der Waals surface area contributed by atoms with E-state index < -0.39 is 0 Å². The molecule has 0 spiro atoms. The second kappa shape index (κ2) is 5.92. The van der Waals surface area contributed by atoms with Crippen LogP contribution in [0.15, 0.2) is 24.7 Å². The molecule has 3 heterocycles. The van der Waals surface area contributed by atoms with E-state index in [0.29, 0.717) is 5.82 Å². The van der Waals surface area contributed by atoms with Crippen LogP contribution in [-0.2, 0) is 6.42 Å². The zero-order valence-corrected chi connectivity index (χ0v) is 11.6. The van der Waals surface area contributed by atoms with Crippen molar-refractivity contribution in [3.8, 4) is 11.5 Å². The van der Waals surface area contributed by atoms with Crippen molar-refractivity contribution in [3.63, 3.8) is 0 Å². The molecule has 1 aliphatic heterocycles. The molecule has 0 unspecified atom stereocenters. The zero-order chi connectivity index (χ0) is 13.8. The fourth-order valence-corrected chi connectivity index (χ4v) is 2.25. The number of hydrogen-bond acceptors (Lipinski definition) is 6. The third-order valence-corrected chi connectivity index (χ3v) is 3.36. The lowest BCUT2D eigenvalue weighted by atomic mass is 10.2. The molecule has 6 nitrogen and oxygen atoms in total. The molecular weight excluding hydrogens is 252 g/mol. The van der Waals surface area contributed by atoms with Crippen molar-refractivity contribution in [1.82, 2.24) is 25.3 Å². The van der Waals surface area contributed by atoms with Crippen LogP contribution >= 0.6 is 0 Å². The van der Waals surface area contributed by atoms with Gasteiger partial charge in [-0.1, -0.05) is 6.92 Å². The third kappa shape index (κ3) is 2.75. The van der Waals surface area contributed by atoms with E-state index in [1.54, 1.807) is 18.6 Å². The maximum absolute atomic E-state index is 4.66. The van der Waals surface area contributed by atoms with Crippen molar-refractivity contribution in [3.05, 3.63) is 30.4 Å². The van der Waals surface area contributed by atoms with Crippen molar-refractivity contribution in [2.45, 2.75) is 13.3 Å². The predicted octanol–water partition coefficient (Wildman–Crippen LogP) is 0.906. The first-order valence-electron chi connectivity index (χ1n) is 6.97. The number of anilines is 1. The summed E-state index contributed by atoms with van der Waals surface area (Å²) in [4.78, 5) is 19.9. The zero-order valence-electron chi connectivity index (χ0n) is 11.6. The number of aryl methyl sites for hydroxylation is 1. The second-order valence-corrected chi connectivity index (χ2v) is 4.72. The Kier molecular flexibility index (Phi) is 3.83. The van der Waals surface area contributed by atoms with E-state index in [4.69, 9.17) is 0 Å². The largest absolute Gasteiger partial charge is 0.354 e. The molecule has 6 heteroatoms. The van der Waals surface area contributed by atoms with E-state index >= 15 is 0 Å². The Morgan fingerprint density at radius 3 is 2.75 bits per heavy atom. The Labute approximate surface area is 118 Å². The molecule has 0 aliphatic carbocycles. The number of nitrogens with zero attached hydrogens (tertiary/aromatic N) is 5. The maximum Gasteiger partial charge on any atom is 0.182 e. The number of piperazine rings is 1. The minimum atomic E-state index is 0.658. The lowest BCUT2D eigenvalue weighted by Crippen LogP contribution is -2.44. The van der Waals surface area contributed by atoms with Gasteiger partial charge in [0, 0.05) is 50.3 Å². The molecule has 1 N–H and O–H groups in total. The molecule has 0 amide bonds. The summed E-state index contributed by atoms with van der Waals surface area (Å²) in [6, 6.07) is 2.07. The average Bonchev–Trinajstić information content (AvgIpc) is 2.56. The summed E-state index contributed by atoms with van der Waals surface area (Å²) in [5, 5.41) is 3.35. The third-order valence-electron chi connectivity index (χ3n) is 3.36. The molecule has 1 aliphatic rings. The van der Waals surface area contributed by atoms with Gasteiger partial charge in [-0.25, -0.2) is 15.0 Å². The normalized spacial score (nSPS) is 15.3. The van der Waals surface area contributed by atoms with Gasteiger partial charge >= 0.3 is 0 Å². The van der Waals surface area contributed by atoms with E-state index in [0.717, 1.165) is 49.8 Å². The van der Waals surface area contributed by atoms with Gasteiger partial charge in [0.05, 0.1) is 6.20 Å². The van der Waals surface area contributed by atoms with Crippen LogP contribution in [0.3, 0.4) is 0 Å². The van der Waals surface area contributed by atoms with Gasteiger partial charge in [-0.05, 0) is 6.42 Å². The summed E-state index contributed by atoms with van der Waals surface area (Å²) >= 11 is 0. The highest BCUT2D eigenvalue weighted by molar-refractivity contribution is 5.53. The van der Waals surface area contributed by atoms with Crippen molar-refractivity contribution >= 4 is 5.82 Å². The SMILES string of the molecule is CCc1cc(N2CCNCC2)nc(-c2cnccn2)n1. The van der Waals surface area contributed by atoms with Gasteiger partial charge in [0.25, 0.3) is 0 Å². The van der Waals surface area contributed by atoms with Gasteiger partial charge in [0.15, 0.2) is 5.82 Å². The lowest BCUT2D eigenvalue weighted by molar-refractivity contribution is 0.584. The lowest BCUT2D eigenvalue weighted by Gasteiger charge is -2.28. The summed E-state index contributed by atoms with van der Waals surface area (Å²) in [6.45, 7) is 6.03. The summed E-state index contributed by atoms with van der Waals surface area (Å²) in [7, 11) is 0. The highest BCUT2D eigenvalue weighted by Crippen LogP contribution is 2.19. The molecule has 0 radical (unpaired) electrons. The van der Waals surface area contributed by atoms with Gasteiger partial charge in [-0.15, -0.1) is 0 Å². The standard InChI is InChI=1S/C14H18N6/c1-2-11-9-13(20-7-5-15-6-8-20)19-14(18-11)12-10-16-3-4-17-12/h3-4,9-10,15H,2,5-8H2,1H3. The Hall–Kier alpha value is -2.08. The van der Waals surface area contributed by atoms with E-state index in [1.165, 1.54) is 0 Å². The average molecular weight is 270 g/mol. The highest BCUT2D eigenvalue weighted by Gasteiger charge is 2.15. The van der Waals surface area contributed by atoms with Gasteiger partial charge in [-0.2, -0.15) is 0 Å². The van der Waals surface area contributed by atoms with Crippen LogP contribution in [0.4, 0.5) is 5.82 Å². The van der Waals surface area contributed by atoms with Crippen LogP contribution in [0.5, 0.6) is 0 Å².